The van der Waals surface area contributed by atoms with Crippen molar-refractivity contribution in [3.05, 3.63) is 46.7 Å². The number of hydrogen-bond acceptors (Lipinski definition) is 4. The third-order valence-electron chi connectivity index (χ3n) is 5.55. The minimum Gasteiger partial charge on any atom is -0.364 e. The Morgan fingerprint density at radius 1 is 1.36 bits per heavy atom. The van der Waals surface area contributed by atoms with Crippen LogP contribution < -0.4 is 4.90 Å². The van der Waals surface area contributed by atoms with Gasteiger partial charge in [-0.1, -0.05) is 6.07 Å². The molecule has 6 heteroatoms. The van der Waals surface area contributed by atoms with Crippen LogP contribution in [0.25, 0.3) is 0 Å². The highest BCUT2D eigenvalue weighted by molar-refractivity contribution is 7.11. The van der Waals surface area contributed by atoms with Crippen molar-refractivity contribution in [1.29, 1.82) is 0 Å². The Morgan fingerprint density at radius 2 is 2.20 bits per heavy atom. The van der Waals surface area contributed by atoms with Gasteiger partial charge in [0.15, 0.2) is 0 Å². The van der Waals surface area contributed by atoms with E-state index in [1.165, 1.54) is 17.4 Å². The van der Waals surface area contributed by atoms with Crippen LogP contribution in [-0.2, 0) is 0 Å². The number of aromatic nitrogens is 1. The van der Waals surface area contributed by atoms with Crippen LogP contribution in [0.4, 0.5) is 10.1 Å². The average molecular weight is 359 g/mol. The second-order valence-electron chi connectivity index (χ2n) is 7.71. The third kappa shape index (κ3) is 2.72. The van der Waals surface area contributed by atoms with Gasteiger partial charge in [0.25, 0.3) is 5.91 Å². The molecule has 2 aromatic rings. The number of halogens is 1. The van der Waals surface area contributed by atoms with Crippen LogP contribution in [0.2, 0.25) is 0 Å². The van der Waals surface area contributed by atoms with E-state index < -0.39 is 0 Å². The van der Waals surface area contributed by atoms with Gasteiger partial charge in [-0.05, 0) is 51.3 Å². The molecule has 0 N–H and O–H groups in total. The van der Waals surface area contributed by atoms with Gasteiger partial charge < -0.3 is 9.80 Å². The highest BCUT2D eigenvalue weighted by atomic mass is 32.1. The van der Waals surface area contributed by atoms with Crippen LogP contribution in [0.5, 0.6) is 0 Å². The number of nitrogens with zero attached hydrogens (tertiary/aromatic N) is 3. The first-order chi connectivity index (χ1) is 11.9. The number of benzene rings is 1. The summed E-state index contributed by atoms with van der Waals surface area (Å²) in [5, 5.41) is 0. The summed E-state index contributed by atoms with van der Waals surface area (Å²) < 4.78 is 13.7. The zero-order valence-corrected chi connectivity index (χ0v) is 15.4. The summed E-state index contributed by atoms with van der Waals surface area (Å²) in [4.78, 5) is 22.0. The van der Waals surface area contributed by atoms with E-state index in [0.717, 1.165) is 38.0 Å². The normalized spacial score (nSPS) is 25.1. The SMILES string of the molecule is CC1(C)CC2(CCCN2C(=O)c2cncs2)CN1c1cccc(F)c1. The van der Waals surface area contributed by atoms with Crippen molar-refractivity contribution in [3.8, 4) is 0 Å². The molecule has 4 nitrogen and oxygen atoms in total. The quantitative estimate of drug-likeness (QED) is 0.815. The molecule has 2 saturated heterocycles. The van der Waals surface area contributed by atoms with Crippen molar-refractivity contribution in [1.82, 2.24) is 9.88 Å². The number of likely N-dealkylation sites (tertiary alicyclic amines) is 1. The molecule has 2 aliphatic heterocycles. The summed E-state index contributed by atoms with van der Waals surface area (Å²) in [5.74, 6) is -0.143. The van der Waals surface area contributed by atoms with Crippen LogP contribution in [0.3, 0.4) is 0 Å². The first-order valence-electron chi connectivity index (χ1n) is 8.65. The molecule has 2 fully saturated rings. The standard InChI is InChI=1S/C19H22FN3OS/c1-18(2)11-19(12-23(18)15-6-3-5-14(20)9-15)7-4-8-22(19)17(24)16-10-21-13-25-16/h3,5-6,9-10,13H,4,7-8,11-12H2,1-2H3. The largest absolute Gasteiger partial charge is 0.364 e. The Balaban J connectivity index is 1.67. The lowest BCUT2D eigenvalue weighted by Crippen LogP contribution is -2.49. The monoisotopic (exact) mass is 359 g/mol. The van der Waals surface area contributed by atoms with Crippen LogP contribution in [0, 0.1) is 5.82 Å². The molecular weight excluding hydrogens is 337 g/mol. The van der Waals surface area contributed by atoms with Crippen molar-refractivity contribution in [2.45, 2.75) is 44.2 Å². The van der Waals surface area contributed by atoms with Gasteiger partial charge >= 0.3 is 0 Å². The van der Waals surface area contributed by atoms with Gasteiger partial charge in [-0.3, -0.25) is 9.78 Å². The van der Waals surface area contributed by atoms with Crippen LogP contribution >= 0.6 is 11.3 Å². The third-order valence-corrected chi connectivity index (χ3v) is 6.31. The van der Waals surface area contributed by atoms with Gasteiger partial charge in [0.05, 0.1) is 17.2 Å². The van der Waals surface area contributed by atoms with Crippen LogP contribution in [0.15, 0.2) is 36.0 Å². The fourth-order valence-electron chi connectivity index (χ4n) is 4.61. The predicted molar refractivity (Wildman–Crippen MR) is 97.6 cm³/mol. The van der Waals surface area contributed by atoms with Crippen molar-refractivity contribution >= 4 is 22.9 Å². The number of amides is 1. The first kappa shape index (κ1) is 16.5. The van der Waals surface area contributed by atoms with E-state index in [0.29, 0.717) is 4.88 Å². The minimum atomic E-state index is -0.224. The maximum absolute atomic E-state index is 13.7. The topological polar surface area (TPSA) is 36.4 Å². The molecule has 1 aromatic carbocycles. The fraction of sp³-hybridized carbons (Fsp3) is 0.474. The van der Waals surface area contributed by atoms with E-state index in [9.17, 15) is 9.18 Å². The lowest BCUT2D eigenvalue weighted by Gasteiger charge is -2.35. The number of carbonyl (C=O) groups is 1. The molecule has 0 radical (unpaired) electrons. The molecule has 1 unspecified atom stereocenters. The highest BCUT2D eigenvalue weighted by Gasteiger charge is 2.55. The molecule has 2 aliphatic rings. The van der Waals surface area contributed by atoms with Gasteiger partial charge in [-0.15, -0.1) is 11.3 Å². The Hall–Kier alpha value is -1.95. The van der Waals surface area contributed by atoms with E-state index in [4.69, 9.17) is 0 Å². The molecule has 4 rings (SSSR count). The lowest BCUT2D eigenvalue weighted by molar-refractivity contribution is 0.0622. The molecule has 1 spiro atoms. The lowest BCUT2D eigenvalue weighted by atomic mass is 9.87. The molecule has 1 aromatic heterocycles. The smallest absolute Gasteiger partial charge is 0.266 e. The zero-order valence-electron chi connectivity index (χ0n) is 14.5. The Bertz CT molecular complexity index is 792. The van der Waals surface area contributed by atoms with Crippen LogP contribution in [-0.4, -0.2) is 40.0 Å². The van der Waals surface area contributed by atoms with E-state index in [-0.39, 0.29) is 22.8 Å². The van der Waals surface area contributed by atoms with Crippen molar-refractivity contribution < 1.29 is 9.18 Å². The molecule has 25 heavy (non-hydrogen) atoms. The maximum atomic E-state index is 13.7. The van der Waals surface area contributed by atoms with E-state index in [1.54, 1.807) is 23.8 Å². The summed E-state index contributed by atoms with van der Waals surface area (Å²) in [7, 11) is 0. The first-order valence-corrected chi connectivity index (χ1v) is 9.53. The number of anilines is 1. The Labute approximate surface area is 151 Å². The molecule has 0 bridgehead atoms. The molecule has 1 atom stereocenters. The minimum absolute atomic E-state index is 0.0805. The summed E-state index contributed by atoms with van der Waals surface area (Å²) in [5.41, 5.74) is 2.27. The highest BCUT2D eigenvalue weighted by Crippen LogP contribution is 2.47. The van der Waals surface area contributed by atoms with Crippen molar-refractivity contribution in [2.24, 2.45) is 0 Å². The molecule has 0 aliphatic carbocycles. The number of thiazole rings is 1. The van der Waals surface area contributed by atoms with Gasteiger partial charge in [0.1, 0.15) is 10.7 Å². The average Bonchev–Trinajstić information content (AvgIpc) is 3.26. The van der Waals surface area contributed by atoms with Gasteiger partial charge in [-0.2, -0.15) is 0 Å². The Morgan fingerprint density at radius 3 is 2.92 bits per heavy atom. The number of hydrogen-bond donors (Lipinski definition) is 0. The van der Waals surface area contributed by atoms with Gasteiger partial charge in [-0.25, -0.2) is 4.39 Å². The van der Waals surface area contributed by atoms with Gasteiger partial charge in [0, 0.05) is 24.3 Å². The van der Waals surface area contributed by atoms with Crippen molar-refractivity contribution in [3.63, 3.8) is 0 Å². The number of carbonyl (C=O) groups excluding carboxylic acids is 1. The second-order valence-corrected chi connectivity index (χ2v) is 8.59. The summed E-state index contributed by atoms with van der Waals surface area (Å²) in [6.07, 6.45) is 4.55. The van der Waals surface area contributed by atoms with E-state index in [2.05, 4.69) is 23.7 Å². The number of rotatable bonds is 2. The molecular formula is C19H22FN3OS. The predicted octanol–water partition coefficient (Wildman–Crippen LogP) is 3.95. The molecule has 132 valence electrons. The van der Waals surface area contributed by atoms with Crippen molar-refractivity contribution in [2.75, 3.05) is 18.0 Å². The van der Waals surface area contributed by atoms with Gasteiger partial charge in [0.2, 0.25) is 0 Å². The fourth-order valence-corrected chi connectivity index (χ4v) is 5.18. The summed E-state index contributed by atoms with van der Waals surface area (Å²) in [6, 6.07) is 6.76. The molecule has 0 saturated carbocycles. The summed E-state index contributed by atoms with van der Waals surface area (Å²) >= 11 is 1.39. The van der Waals surface area contributed by atoms with Crippen LogP contribution in [0.1, 0.15) is 42.8 Å². The maximum Gasteiger partial charge on any atom is 0.266 e. The van der Waals surface area contributed by atoms with E-state index >= 15 is 0 Å². The molecule has 3 heterocycles. The zero-order chi connectivity index (χ0) is 17.7. The Kier molecular flexibility index (Phi) is 3.83. The molecule has 1 amide bonds. The van der Waals surface area contributed by atoms with E-state index in [1.807, 2.05) is 11.0 Å². The summed E-state index contributed by atoms with van der Waals surface area (Å²) in [6.45, 7) is 5.89. The second kappa shape index (κ2) is 5.80.